The molecule has 10 aromatic carbocycles. The molecule has 1 aromatic heterocycles. The zero-order valence-corrected chi connectivity index (χ0v) is 37.9. The Hall–Kier alpha value is -8.46. The van der Waals surface area contributed by atoms with Crippen molar-refractivity contribution >= 4 is 43.8 Å². The van der Waals surface area contributed by atoms with Crippen LogP contribution >= 0.6 is 0 Å². The number of nitrogens with one attached hydrogen (secondary N) is 1. The standard InChI is InChI=1S/C66H48N2/c1-44-53(48-35-41-64-58(42-48)56-28-14-16-31-63(56)68(64)52-36-32-46(33-37-52)45-18-5-2-6-19-45)38-40-62(67-61-30-17-21-47-20-11-12-26-54(47)61)65(44)49-34-39-60-57(43-49)55-27-13-15-29-59(55)66(60,50-22-7-3-8-23-50)51-24-9-4-10-25-51/h2-44,65,67H,1H3. The second-order valence-corrected chi connectivity index (χ2v) is 18.5. The average molecular weight is 869 g/mol. The maximum absolute atomic E-state index is 4.03. The van der Waals surface area contributed by atoms with Crippen molar-refractivity contribution in [2.24, 2.45) is 5.92 Å². The van der Waals surface area contributed by atoms with Crippen LogP contribution in [0.2, 0.25) is 0 Å². The van der Waals surface area contributed by atoms with Gasteiger partial charge in [-0.2, -0.15) is 0 Å². The van der Waals surface area contributed by atoms with Gasteiger partial charge in [0, 0.05) is 39.1 Å². The molecular weight excluding hydrogens is 821 g/mol. The third-order valence-corrected chi connectivity index (χ3v) is 14.9. The number of benzene rings is 10. The fraction of sp³-hybridized carbons (Fsp3) is 0.0606. The van der Waals surface area contributed by atoms with Crippen LogP contribution in [0.1, 0.15) is 46.2 Å². The first-order chi connectivity index (χ1) is 33.6. The SMILES string of the molecule is CC1C(c2ccc3c(c2)c2ccccc2n3-c2ccc(-c3ccccc3)cc2)=CC=C(Nc2cccc3ccccc23)C1c1ccc2c(c1)-c1ccccc1C2(c1ccccc1)c1ccccc1. The highest BCUT2D eigenvalue weighted by Crippen LogP contribution is 2.57. The molecule has 2 heteroatoms. The number of fused-ring (bicyclic) bond motifs is 7. The van der Waals surface area contributed by atoms with Crippen LogP contribution in [0.5, 0.6) is 0 Å². The molecule has 0 amide bonds. The van der Waals surface area contributed by atoms with Crippen LogP contribution in [-0.2, 0) is 5.41 Å². The van der Waals surface area contributed by atoms with Crippen molar-refractivity contribution in [3.05, 3.63) is 294 Å². The Kier molecular flexibility index (Phi) is 9.47. The average Bonchev–Trinajstić information content (AvgIpc) is 3.90. The maximum atomic E-state index is 4.03. The smallest absolute Gasteiger partial charge is 0.0713 e. The Labute approximate surface area is 397 Å². The van der Waals surface area contributed by atoms with Gasteiger partial charge in [0.05, 0.1) is 16.4 Å². The summed E-state index contributed by atoms with van der Waals surface area (Å²) in [7, 11) is 0. The monoisotopic (exact) mass is 868 g/mol. The summed E-state index contributed by atoms with van der Waals surface area (Å²) in [6, 6.07) is 89.5. The van der Waals surface area contributed by atoms with E-state index in [4.69, 9.17) is 0 Å². The van der Waals surface area contributed by atoms with Crippen molar-refractivity contribution in [2.75, 3.05) is 5.32 Å². The van der Waals surface area contributed by atoms with E-state index in [0.717, 1.165) is 11.4 Å². The molecule has 322 valence electrons. The molecule has 0 radical (unpaired) electrons. The van der Waals surface area contributed by atoms with Gasteiger partial charge in [-0.1, -0.05) is 219 Å². The molecule has 1 N–H and O–H groups in total. The number of para-hydroxylation sites is 1. The summed E-state index contributed by atoms with van der Waals surface area (Å²) >= 11 is 0. The molecule has 2 nitrogen and oxygen atoms in total. The lowest BCUT2D eigenvalue weighted by Gasteiger charge is -2.35. The van der Waals surface area contributed by atoms with E-state index >= 15 is 0 Å². The zero-order valence-electron chi connectivity index (χ0n) is 37.9. The van der Waals surface area contributed by atoms with Crippen molar-refractivity contribution in [2.45, 2.75) is 18.3 Å². The van der Waals surface area contributed by atoms with E-state index in [1.54, 1.807) is 0 Å². The topological polar surface area (TPSA) is 17.0 Å². The Balaban J connectivity index is 0.959. The van der Waals surface area contributed by atoms with E-state index in [0.29, 0.717) is 0 Å². The van der Waals surface area contributed by atoms with Crippen molar-refractivity contribution in [3.8, 4) is 27.9 Å². The quantitative estimate of drug-likeness (QED) is 0.161. The summed E-state index contributed by atoms with van der Waals surface area (Å²) in [4.78, 5) is 0. The lowest BCUT2D eigenvalue weighted by molar-refractivity contribution is 0.625. The first kappa shape index (κ1) is 39.9. The van der Waals surface area contributed by atoms with E-state index in [9.17, 15) is 0 Å². The zero-order chi connectivity index (χ0) is 45.2. The molecule has 1 heterocycles. The van der Waals surface area contributed by atoms with Crippen molar-refractivity contribution < 1.29 is 0 Å². The molecule has 0 spiro atoms. The van der Waals surface area contributed by atoms with Crippen LogP contribution in [0, 0.1) is 5.92 Å². The van der Waals surface area contributed by atoms with Gasteiger partial charge < -0.3 is 9.88 Å². The van der Waals surface area contributed by atoms with Crippen molar-refractivity contribution in [1.29, 1.82) is 0 Å². The Morgan fingerprint density at radius 2 is 1.03 bits per heavy atom. The van der Waals surface area contributed by atoms with Crippen LogP contribution in [0.3, 0.4) is 0 Å². The predicted octanol–water partition coefficient (Wildman–Crippen LogP) is 16.8. The second kappa shape index (κ2) is 16.2. The molecule has 0 fully saturated rings. The summed E-state index contributed by atoms with van der Waals surface area (Å²) < 4.78 is 2.42. The second-order valence-electron chi connectivity index (χ2n) is 18.5. The summed E-state index contributed by atoms with van der Waals surface area (Å²) in [5.74, 6) is 0.173. The maximum Gasteiger partial charge on any atom is 0.0713 e. The predicted molar refractivity (Wildman–Crippen MR) is 285 cm³/mol. The molecule has 2 atom stereocenters. The highest BCUT2D eigenvalue weighted by atomic mass is 15.0. The normalized spacial score (nSPS) is 16.0. The van der Waals surface area contributed by atoms with Crippen molar-refractivity contribution in [1.82, 2.24) is 4.57 Å². The molecular formula is C66H48N2. The highest BCUT2D eigenvalue weighted by Gasteiger charge is 2.46. The Morgan fingerprint density at radius 1 is 0.426 bits per heavy atom. The van der Waals surface area contributed by atoms with Gasteiger partial charge in [0.25, 0.3) is 0 Å². The third-order valence-electron chi connectivity index (χ3n) is 14.9. The number of aromatic nitrogens is 1. The van der Waals surface area contributed by atoms with Crippen LogP contribution < -0.4 is 5.32 Å². The number of hydrogen-bond acceptors (Lipinski definition) is 1. The molecule has 68 heavy (non-hydrogen) atoms. The lowest BCUT2D eigenvalue weighted by Crippen LogP contribution is -2.28. The largest absolute Gasteiger partial charge is 0.358 e. The van der Waals surface area contributed by atoms with Gasteiger partial charge in [0.2, 0.25) is 0 Å². The number of nitrogens with zero attached hydrogens (tertiary/aromatic N) is 1. The highest BCUT2D eigenvalue weighted by molar-refractivity contribution is 6.10. The minimum Gasteiger partial charge on any atom is -0.358 e. The van der Waals surface area contributed by atoms with E-state index in [2.05, 4.69) is 272 Å². The summed E-state index contributed by atoms with van der Waals surface area (Å²) in [5.41, 5.74) is 19.5. The van der Waals surface area contributed by atoms with Gasteiger partial charge in [0.1, 0.15) is 0 Å². The van der Waals surface area contributed by atoms with E-state index < -0.39 is 5.41 Å². The fourth-order valence-electron chi connectivity index (χ4n) is 11.8. The molecule has 0 saturated carbocycles. The Bertz CT molecular complexity index is 3720. The molecule has 2 aliphatic carbocycles. The summed E-state index contributed by atoms with van der Waals surface area (Å²) in [5, 5.41) is 8.98. The molecule has 2 unspecified atom stereocenters. The van der Waals surface area contributed by atoms with Crippen molar-refractivity contribution in [3.63, 3.8) is 0 Å². The lowest BCUT2D eigenvalue weighted by atomic mass is 9.67. The van der Waals surface area contributed by atoms with Crippen LogP contribution in [-0.4, -0.2) is 4.57 Å². The van der Waals surface area contributed by atoms with E-state index in [1.807, 2.05) is 0 Å². The van der Waals surface area contributed by atoms with Gasteiger partial charge in [-0.05, 0) is 115 Å². The van der Waals surface area contributed by atoms with Gasteiger partial charge >= 0.3 is 0 Å². The first-order valence-electron chi connectivity index (χ1n) is 23.9. The molecule has 13 rings (SSSR count). The summed E-state index contributed by atoms with van der Waals surface area (Å²) in [6.07, 6.45) is 4.72. The number of hydrogen-bond donors (Lipinski definition) is 1. The van der Waals surface area contributed by atoms with Crippen LogP contribution in [0.25, 0.3) is 66.1 Å². The van der Waals surface area contributed by atoms with Crippen LogP contribution in [0.15, 0.2) is 261 Å². The van der Waals surface area contributed by atoms with Gasteiger partial charge in [-0.3, -0.25) is 0 Å². The first-order valence-corrected chi connectivity index (χ1v) is 23.9. The molecule has 11 aromatic rings. The third kappa shape index (κ3) is 6.25. The molecule has 0 aliphatic heterocycles. The van der Waals surface area contributed by atoms with Crippen LogP contribution in [0.4, 0.5) is 5.69 Å². The number of allylic oxidation sites excluding steroid dienone is 4. The minimum atomic E-state index is -0.450. The summed E-state index contributed by atoms with van der Waals surface area (Å²) in [6.45, 7) is 2.43. The molecule has 0 bridgehead atoms. The fourth-order valence-corrected chi connectivity index (χ4v) is 11.8. The van der Waals surface area contributed by atoms with E-state index in [-0.39, 0.29) is 11.8 Å². The molecule has 2 aliphatic rings. The van der Waals surface area contributed by atoms with Gasteiger partial charge in [-0.15, -0.1) is 0 Å². The number of rotatable bonds is 8. The van der Waals surface area contributed by atoms with Gasteiger partial charge in [0.15, 0.2) is 0 Å². The minimum absolute atomic E-state index is 0.0371. The Morgan fingerprint density at radius 3 is 1.81 bits per heavy atom. The molecule has 0 saturated heterocycles. The van der Waals surface area contributed by atoms with E-state index in [1.165, 1.54) is 99.5 Å². The van der Waals surface area contributed by atoms with Gasteiger partial charge in [-0.25, -0.2) is 0 Å². The number of anilines is 1.